The van der Waals surface area contributed by atoms with E-state index in [4.69, 9.17) is 74.7 Å². The second-order valence-corrected chi connectivity index (χ2v) is 6.58. The Balaban J connectivity index is -0.000000212. The van der Waals surface area contributed by atoms with Gasteiger partial charge in [-0.15, -0.1) is 0 Å². The fraction of sp³-hybridized carbons (Fsp3) is 0.923. The molecule has 0 rings (SSSR count). The van der Waals surface area contributed by atoms with E-state index in [1.54, 1.807) is 6.92 Å². The Bertz CT molecular complexity index is 356. The lowest BCUT2D eigenvalue weighted by atomic mass is 9.91. The average Bonchev–Trinajstić information content (AvgIpc) is 2.62. The molecule has 0 aromatic carbocycles. The monoisotopic (exact) mass is 460 g/mol. The van der Waals surface area contributed by atoms with Gasteiger partial charge in [0, 0.05) is 6.61 Å². The fourth-order valence-corrected chi connectivity index (χ4v) is 1.06. The Hall–Kier alpha value is -0.940. The maximum Gasteiger partial charge on any atom is 0.503 e. The van der Waals surface area contributed by atoms with Crippen molar-refractivity contribution in [3.05, 3.63) is 0 Å². The van der Waals surface area contributed by atoms with Gasteiger partial charge in [-0.05, 0) is 6.92 Å². The summed E-state index contributed by atoms with van der Waals surface area (Å²) in [6.45, 7) is -1.07. The first-order valence-corrected chi connectivity index (χ1v) is 9.33. The first kappa shape index (κ1) is 35.5. The van der Waals surface area contributed by atoms with Crippen LogP contribution in [0.2, 0.25) is 0 Å². The van der Waals surface area contributed by atoms with Crippen LogP contribution in [0, 0.1) is 10.8 Å². The van der Waals surface area contributed by atoms with Crippen molar-refractivity contribution < 1.29 is 74.7 Å². The molecule has 0 aliphatic heterocycles. The molecular formula is C13H33O15P. The van der Waals surface area contributed by atoms with Crippen molar-refractivity contribution in [2.45, 2.75) is 6.92 Å². The number of hydrogen-bond acceptors (Lipinski definition) is 10. The second kappa shape index (κ2) is 20.3. The van der Waals surface area contributed by atoms with E-state index >= 15 is 0 Å². The number of hydrogen-bond donors (Lipinski definition) is 12. The number of phosphoric acid groups is 1. The summed E-state index contributed by atoms with van der Waals surface area (Å²) in [6.07, 6.45) is -1.83. The van der Waals surface area contributed by atoms with Gasteiger partial charge >= 0.3 is 14.0 Å². The van der Waals surface area contributed by atoms with Crippen LogP contribution in [0.3, 0.4) is 0 Å². The predicted molar refractivity (Wildman–Crippen MR) is 95.9 cm³/mol. The number of carboxylic acid groups (broad SMARTS) is 2. The summed E-state index contributed by atoms with van der Waals surface area (Å²) in [7, 11) is -4.64. The van der Waals surface area contributed by atoms with Gasteiger partial charge in [0.15, 0.2) is 0 Å². The van der Waals surface area contributed by atoms with Gasteiger partial charge in [0.2, 0.25) is 0 Å². The van der Waals surface area contributed by atoms with Crippen LogP contribution < -0.4 is 0 Å². The van der Waals surface area contributed by atoms with Crippen molar-refractivity contribution in [2.24, 2.45) is 10.8 Å². The summed E-state index contributed by atoms with van der Waals surface area (Å²) < 4.78 is 14.0. The van der Waals surface area contributed by atoms with Crippen LogP contribution in [-0.2, 0) is 9.30 Å². The highest BCUT2D eigenvalue weighted by Gasteiger charge is 2.32. The Morgan fingerprint density at radius 1 is 0.724 bits per heavy atom. The van der Waals surface area contributed by atoms with E-state index < -0.39 is 64.4 Å². The lowest BCUT2D eigenvalue weighted by Gasteiger charge is -2.31. The minimum atomic E-state index is -4.64. The molecule has 0 bridgehead atoms. The smallest absolute Gasteiger partial charge is 0.450 e. The topological polar surface area (TPSA) is 286 Å². The molecule has 15 nitrogen and oxygen atoms in total. The first-order valence-electron chi connectivity index (χ1n) is 7.76. The highest BCUT2D eigenvalue weighted by atomic mass is 31.2. The molecular weight excluding hydrogens is 427 g/mol. The van der Waals surface area contributed by atoms with Gasteiger partial charge in [-0.2, -0.15) is 0 Å². The first-order chi connectivity index (χ1) is 13.2. The zero-order valence-electron chi connectivity index (χ0n) is 15.9. The van der Waals surface area contributed by atoms with E-state index in [1.165, 1.54) is 0 Å². The average molecular weight is 460 g/mol. The van der Waals surface area contributed by atoms with Crippen LogP contribution >= 0.6 is 7.82 Å². The summed E-state index contributed by atoms with van der Waals surface area (Å²) >= 11 is 0. The highest BCUT2D eigenvalue weighted by Crippen LogP contribution is 2.25. The quantitative estimate of drug-likeness (QED) is 0.139. The zero-order valence-corrected chi connectivity index (χ0v) is 16.8. The van der Waals surface area contributed by atoms with Crippen LogP contribution in [0.5, 0.6) is 0 Å². The SMILES string of the molecule is CCO.O=C(O)O.O=P(O)(O)O.OCC(CO)(CO)COCC(CO)(CO)CO. The molecule has 0 fully saturated rings. The summed E-state index contributed by atoms with van der Waals surface area (Å²) in [6, 6.07) is 0. The van der Waals surface area contributed by atoms with E-state index in [1.807, 2.05) is 0 Å². The zero-order chi connectivity index (χ0) is 24.1. The van der Waals surface area contributed by atoms with Crippen molar-refractivity contribution in [2.75, 3.05) is 59.5 Å². The van der Waals surface area contributed by atoms with Crippen LogP contribution in [0.4, 0.5) is 4.79 Å². The predicted octanol–water partition coefficient (Wildman–Crippen LogP) is -3.78. The maximum absolute atomic E-state index is 9.03. The van der Waals surface area contributed by atoms with Gasteiger partial charge in [-0.3, -0.25) is 0 Å². The molecule has 0 aliphatic carbocycles. The molecule has 0 atom stereocenters. The second-order valence-electron chi connectivity index (χ2n) is 5.55. The van der Waals surface area contributed by atoms with Crippen molar-refractivity contribution in [1.82, 2.24) is 0 Å². The molecule has 0 saturated heterocycles. The van der Waals surface area contributed by atoms with Gasteiger partial charge in [-0.25, -0.2) is 9.36 Å². The Labute approximate surface area is 166 Å². The van der Waals surface area contributed by atoms with E-state index in [-0.39, 0.29) is 19.8 Å². The molecule has 29 heavy (non-hydrogen) atoms. The van der Waals surface area contributed by atoms with Gasteiger partial charge in [0.1, 0.15) is 0 Å². The summed E-state index contributed by atoms with van der Waals surface area (Å²) in [5.41, 5.74) is -2.32. The minimum absolute atomic E-state index is 0.141. The molecule has 16 heteroatoms. The number of rotatable bonds is 10. The minimum Gasteiger partial charge on any atom is -0.450 e. The molecule has 180 valence electrons. The van der Waals surface area contributed by atoms with Crippen LogP contribution in [0.25, 0.3) is 0 Å². The van der Waals surface area contributed by atoms with Gasteiger partial charge in [0.05, 0.1) is 63.7 Å². The maximum atomic E-state index is 9.03. The summed E-state index contributed by atoms with van der Waals surface area (Å²) in [5, 5.41) is 75.7. The third kappa shape index (κ3) is 27.1. The molecule has 0 aliphatic rings. The number of ether oxygens (including phenoxy) is 1. The molecule has 0 aromatic rings. The molecule has 0 spiro atoms. The number of aliphatic hydroxyl groups excluding tert-OH is 7. The van der Waals surface area contributed by atoms with E-state index in [9.17, 15) is 0 Å². The van der Waals surface area contributed by atoms with Crippen molar-refractivity contribution in [3.63, 3.8) is 0 Å². The lowest BCUT2D eigenvalue weighted by Crippen LogP contribution is -2.43. The van der Waals surface area contributed by atoms with E-state index in [0.29, 0.717) is 0 Å². The van der Waals surface area contributed by atoms with Crippen molar-refractivity contribution in [3.8, 4) is 0 Å². The third-order valence-electron chi connectivity index (χ3n) is 2.83. The summed E-state index contributed by atoms with van der Waals surface area (Å²) in [4.78, 5) is 30.1. The molecule has 0 radical (unpaired) electrons. The lowest BCUT2D eigenvalue weighted by molar-refractivity contribution is -0.103. The van der Waals surface area contributed by atoms with Crippen molar-refractivity contribution in [1.29, 1.82) is 0 Å². The Morgan fingerprint density at radius 2 is 0.862 bits per heavy atom. The number of aliphatic hydroxyl groups is 7. The summed E-state index contributed by atoms with van der Waals surface area (Å²) in [5.74, 6) is 0. The molecule has 0 saturated carbocycles. The fourth-order valence-electron chi connectivity index (χ4n) is 1.06. The van der Waals surface area contributed by atoms with Crippen LogP contribution in [-0.4, -0.2) is 126 Å². The number of carbonyl (C=O) groups is 1. The van der Waals surface area contributed by atoms with Crippen molar-refractivity contribution >= 4 is 14.0 Å². The Kier molecular flexibility index (Phi) is 24.9. The molecule has 0 unspecified atom stereocenters. The molecule has 0 heterocycles. The molecule has 0 aromatic heterocycles. The van der Waals surface area contributed by atoms with Gasteiger partial charge in [0.25, 0.3) is 0 Å². The largest absolute Gasteiger partial charge is 0.503 e. The highest BCUT2D eigenvalue weighted by molar-refractivity contribution is 7.45. The normalized spacial score (nSPS) is 11.1. The molecule has 12 N–H and O–H groups in total. The molecule has 0 amide bonds. The standard InChI is InChI=1S/C10H22O7.C2H6O.CH2O3.H3O4P/c11-1-9(2-12,3-13)7-17-8-10(4-14,5-15)6-16;1-2-3;2-1(3)4;1-5(2,3)4/h11-16H,1-8H2;3H,2H2,1H3;(H2,2,3,4);(H3,1,2,3,4). The van der Waals surface area contributed by atoms with Crippen LogP contribution in [0.15, 0.2) is 0 Å². The van der Waals surface area contributed by atoms with Gasteiger partial charge in [-0.1, -0.05) is 0 Å². The Morgan fingerprint density at radius 3 is 0.966 bits per heavy atom. The van der Waals surface area contributed by atoms with E-state index in [0.717, 1.165) is 0 Å². The van der Waals surface area contributed by atoms with Crippen LogP contribution in [0.1, 0.15) is 6.92 Å². The van der Waals surface area contributed by atoms with Gasteiger partial charge < -0.3 is 65.4 Å². The van der Waals surface area contributed by atoms with E-state index in [2.05, 4.69) is 0 Å². The third-order valence-corrected chi connectivity index (χ3v) is 2.83.